The van der Waals surface area contributed by atoms with Crippen LogP contribution in [0.2, 0.25) is 0 Å². The highest BCUT2D eigenvalue weighted by molar-refractivity contribution is 5.88. The van der Waals surface area contributed by atoms with Crippen LogP contribution in [0.4, 0.5) is 0 Å². The Bertz CT molecular complexity index is 321. The molecule has 0 spiro atoms. The van der Waals surface area contributed by atoms with Gasteiger partial charge < -0.3 is 15.0 Å². The summed E-state index contributed by atoms with van der Waals surface area (Å²) in [5.74, 6) is -0.988. The van der Waals surface area contributed by atoms with Crippen LogP contribution in [0.3, 0.4) is 0 Å². The number of nitrogens with one attached hydrogen (secondary N) is 1. The number of hydrogen-bond acceptors (Lipinski definition) is 4. The molecule has 0 aliphatic heterocycles. The molecule has 0 fully saturated rings. The van der Waals surface area contributed by atoms with E-state index in [1.54, 1.807) is 27.7 Å². The third-order valence-electron chi connectivity index (χ3n) is 2.36. The summed E-state index contributed by atoms with van der Waals surface area (Å²) in [6.45, 7) is 7.22. The second kappa shape index (κ2) is 6.98. The van der Waals surface area contributed by atoms with Crippen molar-refractivity contribution >= 4 is 17.8 Å². The molecule has 0 bridgehead atoms. The van der Waals surface area contributed by atoms with E-state index in [-0.39, 0.29) is 24.9 Å². The Morgan fingerprint density at radius 1 is 1.22 bits per heavy atom. The van der Waals surface area contributed by atoms with Crippen LogP contribution < -0.4 is 5.32 Å². The average molecular weight is 258 g/mol. The van der Waals surface area contributed by atoms with Crippen LogP contribution in [-0.2, 0) is 19.1 Å². The van der Waals surface area contributed by atoms with E-state index < -0.39 is 11.4 Å². The molecule has 0 radical (unpaired) electrons. The number of rotatable bonds is 5. The maximum absolute atomic E-state index is 11.8. The minimum Gasteiger partial charge on any atom is -0.468 e. The molecule has 0 saturated carbocycles. The standard InChI is InChI=1S/C12H22N2O4/c1-6-14(8-10(16)18-5)9(15)7-13-11(17)12(2,3)4/h6-8H2,1-5H3,(H,13,17). The summed E-state index contributed by atoms with van der Waals surface area (Å²) in [4.78, 5) is 35.8. The van der Waals surface area contributed by atoms with Gasteiger partial charge in [0.15, 0.2) is 0 Å². The lowest BCUT2D eigenvalue weighted by Crippen LogP contribution is -2.45. The van der Waals surface area contributed by atoms with Crippen molar-refractivity contribution in [2.75, 3.05) is 26.7 Å². The number of carbonyl (C=O) groups excluding carboxylic acids is 3. The van der Waals surface area contributed by atoms with Crippen LogP contribution in [0, 0.1) is 5.41 Å². The second-order valence-electron chi connectivity index (χ2n) is 4.92. The highest BCUT2D eigenvalue weighted by atomic mass is 16.5. The van der Waals surface area contributed by atoms with Crippen molar-refractivity contribution in [2.45, 2.75) is 27.7 Å². The number of amides is 2. The zero-order valence-electron chi connectivity index (χ0n) is 11.7. The molecular formula is C12H22N2O4. The van der Waals surface area contributed by atoms with Gasteiger partial charge in [0.2, 0.25) is 11.8 Å². The van der Waals surface area contributed by atoms with Gasteiger partial charge in [0.05, 0.1) is 13.7 Å². The summed E-state index contributed by atoms with van der Waals surface area (Å²) in [5, 5.41) is 2.55. The molecule has 0 saturated heterocycles. The van der Waals surface area contributed by atoms with Crippen LogP contribution in [-0.4, -0.2) is 49.4 Å². The molecule has 18 heavy (non-hydrogen) atoms. The molecule has 1 N–H and O–H groups in total. The predicted octanol–water partition coefficient (Wildman–Crippen LogP) is 0.170. The minimum absolute atomic E-state index is 0.1000. The Kier molecular flexibility index (Phi) is 6.36. The van der Waals surface area contributed by atoms with Gasteiger partial charge >= 0.3 is 5.97 Å². The van der Waals surface area contributed by atoms with Crippen molar-refractivity contribution in [2.24, 2.45) is 5.41 Å². The van der Waals surface area contributed by atoms with Gasteiger partial charge in [0, 0.05) is 12.0 Å². The summed E-state index contributed by atoms with van der Waals surface area (Å²) >= 11 is 0. The lowest BCUT2D eigenvalue weighted by molar-refractivity contribution is -0.146. The SMILES string of the molecule is CCN(CC(=O)OC)C(=O)CNC(=O)C(C)(C)C. The van der Waals surface area contributed by atoms with Crippen LogP contribution in [0.15, 0.2) is 0 Å². The summed E-state index contributed by atoms with van der Waals surface area (Å²) in [7, 11) is 1.27. The van der Waals surface area contributed by atoms with E-state index in [2.05, 4.69) is 10.1 Å². The van der Waals surface area contributed by atoms with Crippen molar-refractivity contribution in [3.8, 4) is 0 Å². The van der Waals surface area contributed by atoms with Gasteiger partial charge in [-0.2, -0.15) is 0 Å². The Hall–Kier alpha value is -1.59. The molecule has 2 amide bonds. The lowest BCUT2D eigenvalue weighted by atomic mass is 9.96. The molecule has 0 atom stereocenters. The monoisotopic (exact) mass is 258 g/mol. The molecule has 0 aliphatic rings. The van der Waals surface area contributed by atoms with Gasteiger partial charge in [-0.25, -0.2) is 0 Å². The third kappa shape index (κ3) is 5.65. The van der Waals surface area contributed by atoms with E-state index in [9.17, 15) is 14.4 Å². The second-order valence-corrected chi connectivity index (χ2v) is 4.92. The molecule has 0 aliphatic carbocycles. The summed E-state index contributed by atoms with van der Waals surface area (Å²) in [6, 6.07) is 0. The number of nitrogens with zero attached hydrogens (tertiary/aromatic N) is 1. The maximum atomic E-state index is 11.8. The van der Waals surface area contributed by atoms with Crippen molar-refractivity contribution < 1.29 is 19.1 Å². The minimum atomic E-state index is -0.542. The lowest BCUT2D eigenvalue weighted by Gasteiger charge is -2.22. The molecule has 104 valence electrons. The van der Waals surface area contributed by atoms with Gasteiger partial charge in [0.25, 0.3) is 0 Å². The first-order valence-electron chi connectivity index (χ1n) is 5.85. The molecule has 0 aromatic rings. The Morgan fingerprint density at radius 3 is 2.17 bits per heavy atom. The largest absolute Gasteiger partial charge is 0.468 e. The topological polar surface area (TPSA) is 75.7 Å². The normalized spacial score (nSPS) is 10.7. The zero-order valence-corrected chi connectivity index (χ0v) is 11.7. The first-order chi connectivity index (χ1) is 8.22. The van der Waals surface area contributed by atoms with Gasteiger partial charge in [-0.3, -0.25) is 14.4 Å². The zero-order chi connectivity index (χ0) is 14.3. The van der Waals surface area contributed by atoms with Crippen molar-refractivity contribution in [3.05, 3.63) is 0 Å². The Morgan fingerprint density at radius 2 is 1.78 bits per heavy atom. The molecule has 0 heterocycles. The number of carbonyl (C=O) groups is 3. The molecule has 6 nitrogen and oxygen atoms in total. The molecular weight excluding hydrogens is 236 g/mol. The molecule has 0 aromatic carbocycles. The fourth-order valence-corrected chi connectivity index (χ4v) is 1.13. The number of ether oxygens (including phenoxy) is 1. The number of methoxy groups -OCH3 is 1. The Balaban J connectivity index is 4.29. The Labute approximate surface area is 108 Å². The predicted molar refractivity (Wildman–Crippen MR) is 66.7 cm³/mol. The summed E-state index contributed by atoms with van der Waals surface area (Å²) in [6.07, 6.45) is 0. The molecule has 6 heteroatoms. The van der Waals surface area contributed by atoms with Crippen LogP contribution in [0.25, 0.3) is 0 Å². The van der Waals surface area contributed by atoms with Crippen molar-refractivity contribution in [1.29, 1.82) is 0 Å². The molecule has 0 aromatic heterocycles. The van der Waals surface area contributed by atoms with Crippen molar-refractivity contribution in [1.82, 2.24) is 10.2 Å². The van der Waals surface area contributed by atoms with Crippen LogP contribution in [0.1, 0.15) is 27.7 Å². The highest BCUT2D eigenvalue weighted by Crippen LogP contribution is 2.11. The first-order valence-corrected chi connectivity index (χ1v) is 5.85. The molecule has 0 rings (SSSR count). The van der Waals surface area contributed by atoms with Gasteiger partial charge in [-0.05, 0) is 6.92 Å². The van der Waals surface area contributed by atoms with Gasteiger partial charge in [0.1, 0.15) is 6.54 Å². The van der Waals surface area contributed by atoms with E-state index in [4.69, 9.17) is 0 Å². The summed E-state index contributed by atoms with van der Waals surface area (Å²) in [5.41, 5.74) is -0.542. The summed E-state index contributed by atoms with van der Waals surface area (Å²) < 4.78 is 4.49. The van der Waals surface area contributed by atoms with E-state index in [1.807, 2.05) is 0 Å². The highest BCUT2D eigenvalue weighted by Gasteiger charge is 2.23. The van der Waals surface area contributed by atoms with Crippen LogP contribution in [0.5, 0.6) is 0 Å². The first kappa shape index (κ1) is 16.4. The fraction of sp³-hybridized carbons (Fsp3) is 0.750. The number of hydrogen-bond donors (Lipinski definition) is 1. The average Bonchev–Trinajstić information content (AvgIpc) is 2.30. The van der Waals surface area contributed by atoms with E-state index in [0.29, 0.717) is 6.54 Å². The molecule has 0 unspecified atom stereocenters. The van der Waals surface area contributed by atoms with E-state index >= 15 is 0 Å². The van der Waals surface area contributed by atoms with E-state index in [0.717, 1.165) is 0 Å². The third-order valence-corrected chi connectivity index (χ3v) is 2.36. The number of esters is 1. The van der Waals surface area contributed by atoms with E-state index in [1.165, 1.54) is 12.0 Å². The van der Waals surface area contributed by atoms with Gasteiger partial charge in [-0.1, -0.05) is 20.8 Å². The van der Waals surface area contributed by atoms with Gasteiger partial charge in [-0.15, -0.1) is 0 Å². The fourth-order valence-electron chi connectivity index (χ4n) is 1.13. The maximum Gasteiger partial charge on any atom is 0.325 e. The van der Waals surface area contributed by atoms with Crippen LogP contribution >= 0.6 is 0 Å². The quantitative estimate of drug-likeness (QED) is 0.713. The van der Waals surface area contributed by atoms with Crippen molar-refractivity contribution in [3.63, 3.8) is 0 Å². The number of likely N-dealkylation sites (N-methyl/N-ethyl adjacent to an activating group) is 1. The smallest absolute Gasteiger partial charge is 0.325 e.